The lowest BCUT2D eigenvalue weighted by Gasteiger charge is -2.25. The second-order valence-electron chi connectivity index (χ2n) is 11.2. The van der Waals surface area contributed by atoms with E-state index in [-0.39, 0.29) is 41.7 Å². The monoisotopic (exact) mass is 565 g/mol. The summed E-state index contributed by atoms with van der Waals surface area (Å²) in [5.41, 5.74) is 1.57. The van der Waals surface area contributed by atoms with Gasteiger partial charge in [0.2, 0.25) is 0 Å². The summed E-state index contributed by atoms with van der Waals surface area (Å²) in [4.78, 5) is 27.2. The van der Waals surface area contributed by atoms with E-state index in [0.29, 0.717) is 78.4 Å². The molecule has 0 radical (unpaired) electrons. The third kappa shape index (κ3) is 5.18. The van der Waals surface area contributed by atoms with Gasteiger partial charge in [0, 0.05) is 44.8 Å². The SMILES string of the molecule is CCc1c(F)ccc2cc(O)cc(N3Cc4nc(OCC5(C)CC(OC)CN5)nc(N5CCCOCC5)c4C3=O)c12. The number of hydrogen-bond donors (Lipinski definition) is 2. The van der Waals surface area contributed by atoms with Crippen molar-refractivity contribution in [2.45, 2.75) is 51.3 Å². The van der Waals surface area contributed by atoms with Gasteiger partial charge in [0.1, 0.15) is 29.6 Å². The van der Waals surface area contributed by atoms with Crippen LogP contribution in [0.4, 0.5) is 15.9 Å². The van der Waals surface area contributed by atoms with Crippen molar-refractivity contribution < 1.29 is 28.5 Å². The summed E-state index contributed by atoms with van der Waals surface area (Å²) in [6.07, 6.45) is 2.13. The number of methoxy groups -OCH3 is 1. The molecule has 1 amide bonds. The van der Waals surface area contributed by atoms with Crippen LogP contribution in [0.2, 0.25) is 0 Å². The van der Waals surface area contributed by atoms with Crippen LogP contribution in [0, 0.1) is 5.82 Å². The number of nitrogens with zero attached hydrogens (tertiary/aromatic N) is 4. The van der Waals surface area contributed by atoms with Gasteiger partial charge in [-0.25, -0.2) is 4.39 Å². The van der Waals surface area contributed by atoms with E-state index in [1.807, 2.05) is 6.92 Å². The van der Waals surface area contributed by atoms with E-state index < -0.39 is 0 Å². The van der Waals surface area contributed by atoms with Crippen molar-refractivity contribution in [1.82, 2.24) is 15.3 Å². The number of phenols is 1. The van der Waals surface area contributed by atoms with Crippen LogP contribution in [-0.4, -0.2) is 79.2 Å². The molecule has 2 N–H and O–H groups in total. The van der Waals surface area contributed by atoms with E-state index >= 15 is 0 Å². The van der Waals surface area contributed by atoms with Crippen LogP contribution in [0.15, 0.2) is 24.3 Å². The predicted molar refractivity (Wildman–Crippen MR) is 152 cm³/mol. The molecule has 2 fully saturated rings. The van der Waals surface area contributed by atoms with E-state index in [9.17, 15) is 14.3 Å². The number of nitrogens with one attached hydrogen (secondary N) is 1. The summed E-state index contributed by atoms with van der Waals surface area (Å²) in [6, 6.07) is 6.33. The van der Waals surface area contributed by atoms with Crippen molar-refractivity contribution in [3.8, 4) is 11.8 Å². The van der Waals surface area contributed by atoms with Crippen molar-refractivity contribution >= 4 is 28.2 Å². The van der Waals surface area contributed by atoms with Gasteiger partial charge < -0.3 is 34.4 Å². The van der Waals surface area contributed by atoms with E-state index in [1.54, 1.807) is 24.1 Å². The third-order valence-electron chi connectivity index (χ3n) is 8.30. The molecule has 0 bridgehead atoms. The van der Waals surface area contributed by atoms with E-state index in [1.165, 1.54) is 12.1 Å². The minimum absolute atomic E-state index is 0.00316. The Balaban J connectivity index is 1.40. The first kappa shape index (κ1) is 27.6. The van der Waals surface area contributed by atoms with E-state index in [4.69, 9.17) is 24.2 Å². The molecule has 3 aliphatic rings. The predicted octanol–water partition coefficient (Wildman–Crippen LogP) is 3.57. The average Bonchev–Trinajstić information content (AvgIpc) is 3.37. The van der Waals surface area contributed by atoms with E-state index in [2.05, 4.69) is 17.1 Å². The first-order valence-corrected chi connectivity index (χ1v) is 14.2. The molecule has 10 nitrogen and oxygen atoms in total. The van der Waals surface area contributed by atoms with Crippen LogP contribution >= 0.6 is 0 Å². The average molecular weight is 566 g/mol. The lowest BCUT2D eigenvalue weighted by molar-refractivity contribution is 0.0996. The minimum Gasteiger partial charge on any atom is -0.508 e. The molecule has 3 aliphatic heterocycles. The molecule has 11 heteroatoms. The topological polar surface area (TPSA) is 109 Å². The normalized spacial score (nSPS) is 22.8. The molecule has 0 aliphatic carbocycles. The number of phenolic OH excluding ortho intramolecular Hbond substituents is 1. The summed E-state index contributed by atoms with van der Waals surface area (Å²) in [6.45, 7) is 7.57. The van der Waals surface area contributed by atoms with Crippen LogP contribution in [0.5, 0.6) is 11.8 Å². The van der Waals surface area contributed by atoms with Gasteiger partial charge in [0.05, 0.1) is 36.2 Å². The first-order valence-electron chi connectivity index (χ1n) is 14.2. The summed E-state index contributed by atoms with van der Waals surface area (Å²) in [5, 5.41) is 15.3. The zero-order chi connectivity index (χ0) is 28.7. The minimum atomic E-state index is -0.346. The Morgan fingerprint density at radius 3 is 2.88 bits per heavy atom. The summed E-state index contributed by atoms with van der Waals surface area (Å²) in [5.74, 6) is -0.135. The van der Waals surface area contributed by atoms with Gasteiger partial charge in [-0.05, 0) is 49.3 Å². The number of fused-ring (bicyclic) bond motifs is 2. The molecule has 41 heavy (non-hydrogen) atoms. The number of aromatic hydroxyl groups is 1. The fourth-order valence-corrected chi connectivity index (χ4v) is 6.15. The molecule has 2 unspecified atom stereocenters. The van der Waals surface area contributed by atoms with Gasteiger partial charge in [-0.2, -0.15) is 9.97 Å². The van der Waals surface area contributed by atoms with Gasteiger partial charge >= 0.3 is 6.01 Å². The Hall–Kier alpha value is -3.54. The van der Waals surface area contributed by atoms with E-state index in [0.717, 1.165) is 19.4 Å². The van der Waals surface area contributed by atoms with Gasteiger partial charge in [-0.1, -0.05) is 13.0 Å². The van der Waals surface area contributed by atoms with Crippen molar-refractivity contribution in [3.63, 3.8) is 0 Å². The quantitative estimate of drug-likeness (QED) is 0.444. The number of hydrogen-bond acceptors (Lipinski definition) is 9. The Morgan fingerprint density at radius 1 is 1.24 bits per heavy atom. The van der Waals surface area contributed by atoms with Crippen LogP contribution < -0.4 is 19.9 Å². The molecule has 218 valence electrons. The number of anilines is 2. The van der Waals surface area contributed by atoms with Crippen molar-refractivity contribution in [1.29, 1.82) is 0 Å². The Labute approximate surface area is 238 Å². The molecule has 1 aromatic heterocycles. The standard InChI is InChI=1S/C30H36FN5O5/c1-4-21-22(31)7-6-18-12-19(37)13-24(25(18)21)36-16-23-26(28(36)38)27(35-8-5-10-40-11-9-35)34-29(33-23)41-17-30(2)14-20(39-3)15-32-30/h6-7,12-13,20,32,37H,4-5,8-11,14-17H2,1-3H3. The largest absolute Gasteiger partial charge is 0.508 e. The molecule has 0 spiro atoms. The molecule has 3 aromatic rings. The maximum absolute atomic E-state index is 14.9. The fraction of sp³-hybridized carbons (Fsp3) is 0.500. The number of amides is 1. The number of benzene rings is 2. The zero-order valence-electron chi connectivity index (χ0n) is 23.7. The van der Waals surface area contributed by atoms with Gasteiger partial charge in [0.15, 0.2) is 0 Å². The van der Waals surface area contributed by atoms with Crippen LogP contribution in [0.1, 0.15) is 48.3 Å². The Kier molecular flexibility index (Phi) is 7.43. The zero-order valence-corrected chi connectivity index (χ0v) is 23.7. The van der Waals surface area contributed by atoms with Gasteiger partial charge in [-0.15, -0.1) is 0 Å². The number of ether oxygens (including phenoxy) is 3. The Morgan fingerprint density at radius 2 is 2.10 bits per heavy atom. The smallest absolute Gasteiger partial charge is 0.318 e. The molecule has 2 saturated heterocycles. The van der Waals surface area contributed by atoms with Crippen molar-refractivity contribution in [2.24, 2.45) is 0 Å². The fourth-order valence-electron chi connectivity index (χ4n) is 6.15. The summed E-state index contributed by atoms with van der Waals surface area (Å²) in [7, 11) is 1.70. The number of carbonyl (C=O) groups is 1. The van der Waals surface area contributed by atoms with Crippen LogP contribution in [-0.2, 0) is 22.4 Å². The first-order chi connectivity index (χ1) is 19.8. The highest BCUT2D eigenvalue weighted by Crippen LogP contribution is 2.41. The third-order valence-corrected chi connectivity index (χ3v) is 8.30. The van der Waals surface area contributed by atoms with Crippen LogP contribution in [0.25, 0.3) is 10.8 Å². The lowest BCUT2D eigenvalue weighted by Crippen LogP contribution is -2.42. The summed E-state index contributed by atoms with van der Waals surface area (Å²) >= 11 is 0. The maximum atomic E-state index is 14.9. The number of aromatic nitrogens is 2. The van der Waals surface area contributed by atoms with Gasteiger partial charge in [-0.3, -0.25) is 4.79 Å². The number of halogens is 1. The highest BCUT2D eigenvalue weighted by Gasteiger charge is 2.39. The number of carbonyl (C=O) groups excluding carboxylic acids is 1. The highest BCUT2D eigenvalue weighted by molar-refractivity contribution is 6.16. The Bertz CT molecular complexity index is 1480. The molecule has 2 atom stereocenters. The molecule has 2 aromatic carbocycles. The second-order valence-corrected chi connectivity index (χ2v) is 11.2. The molecular weight excluding hydrogens is 529 g/mol. The molecule has 6 rings (SSSR count). The molecular formula is C30H36FN5O5. The maximum Gasteiger partial charge on any atom is 0.318 e. The highest BCUT2D eigenvalue weighted by atomic mass is 19.1. The number of rotatable bonds is 7. The van der Waals surface area contributed by atoms with Crippen molar-refractivity contribution in [2.75, 3.05) is 56.4 Å². The van der Waals surface area contributed by atoms with Gasteiger partial charge in [0.25, 0.3) is 5.91 Å². The number of aryl methyl sites for hydroxylation is 1. The van der Waals surface area contributed by atoms with Crippen molar-refractivity contribution in [3.05, 3.63) is 46.9 Å². The molecule has 4 heterocycles. The second kappa shape index (κ2) is 11.0. The molecule has 0 saturated carbocycles. The summed E-state index contributed by atoms with van der Waals surface area (Å²) < 4.78 is 32.2. The van der Waals surface area contributed by atoms with Crippen LogP contribution in [0.3, 0.4) is 0 Å². The lowest BCUT2D eigenvalue weighted by atomic mass is 9.99.